The highest BCUT2D eigenvalue weighted by atomic mass is 16.1. The van der Waals surface area contributed by atoms with Gasteiger partial charge in [-0.05, 0) is 31.2 Å². The highest BCUT2D eigenvalue weighted by molar-refractivity contribution is 5.75. The number of carbonyl (C=O) groups excluding carboxylic acids is 1. The third-order valence-electron chi connectivity index (χ3n) is 3.28. The molecule has 1 aliphatic rings. The van der Waals surface area contributed by atoms with E-state index in [-0.39, 0.29) is 5.91 Å². The third-order valence-corrected chi connectivity index (χ3v) is 3.28. The van der Waals surface area contributed by atoms with Gasteiger partial charge in [0, 0.05) is 0 Å². The number of hydrogen-bond acceptors (Lipinski definition) is 2. The summed E-state index contributed by atoms with van der Waals surface area (Å²) in [5.74, 6) is 1.45. The molecule has 0 spiro atoms. The Hall–Kier alpha value is -0.570. The first kappa shape index (κ1) is 11.5. The molecule has 0 aromatic heterocycles. The lowest BCUT2D eigenvalue weighted by Gasteiger charge is -2.27. The summed E-state index contributed by atoms with van der Waals surface area (Å²) in [4.78, 5) is 10.5. The lowest BCUT2D eigenvalue weighted by atomic mass is 9.81. The summed E-state index contributed by atoms with van der Waals surface area (Å²) < 4.78 is 0. The molecule has 0 heterocycles. The Labute approximate surface area is 86.4 Å². The van der Waals surface area contributed by atoms with Crippen molar-refractivity contribution in [2.24, 2.45) is 17.6 Å². The number of nitrogens with two attached hydrogens (primary N) is 1. The van der Waals surface area contributed by atoms with E-state index in [9.17, 15) is 4.79 Å². The van der Waals surface area contributed by atoms with Crippen LogP contribution in [0.2, 0.25) is 0 Å². The summed E-state index contributed by atoms with van der Waals surface area (Å²) in [5, 5.41) is 3.11. The second kappa shape index (κ2) is 6.02. The summed E-state index contributed by atoms with van der Waals surface area (Å²) >= 11 is 0. The van der Waals surface area contributed by atoms with Gasteiger partial charge in [-0.1, -0.05) is 26.2 Å². The van der Waals surface area contributed by atoms with Crippen molar-refractivity contribution in [2.75, 3.05) is 13.1 Å². The summed E-state index contributed by atoms with van der Waals surface area (Å²) in [7, 11) is 0. The minimum absolute atomic E-state index is 0.257. The molecule has 3 N–H and O–H groups in total. The van der Waals surface area contributed by atoms with Gasteiger partial charge in [-0.2, -0.15) is 0 Å². The maximum atomic E-state index is 10.5. The van der Waals surface area contributed by atoms with Gasteiger partial charge in [0.1, 0.15) is 0 Å². The van der Waals surface area contributed by atoms with Crippen LogP contribution in [0.25, 0.3) is 0 Å². The predicted octanol–water partition coefficient (Wildman–Crippen LogP) is 1.28. The molecule has 0 bridgehead atoms. The van der Waals surface area contributed by atoms with Crippen LogP contribution in [0.15, 0.2) is 0 Å². The Morgan fingerprint density at radius 2 is 1.86 bits per heavy atom. The molecule has 3 nitrogen and oxygen atoms in total. The molecular formula is C11H22N2O. The Morgan fingerprint density at radius 1 is 1.29 bits per heavy atom. The minimum Gasteiger partial charge on any atom is -0.369 e. The van der Waals surface area contributed by atoms with Crippen LogP contribution in [0.4, 0.5) is 0 Å². The summed E-state index contributed by atoms with van der Waals surface area (Å²) in [5.41, 5.74) is 5.05. The van der Waals surface area contributed by atoms with E-state index in [1.54, 1.807) is 0 Å². The zero-order valence-electron chi connectivity index (χ0n) is 9.09. The first-order valence-electron chi connectivity index (χ1n) is 5.71. The molecule has 14 heavy (non-hydrogen) atoms. The molecule has 1 rings (SSSR count). The normalized spacial score (nSPS) is 27.5. The highest BCUT2D eigenvalue weighted by Crippen LogP contribution is 2.29. The molecule has 0 radical (unpaired) electrons. The van der Waals surface area contributed by atoms with E-state index >= 15 is 0 Å². The zero-order chi connectivity index (χ0) is 10.4. The van der Waals surface area contributed by atoms with Crippen molar-refractivity contribution in [3.05, 3.63) is 0 Å². The van der Waals surface area contributed by atoms with E-state index in [1.807, 2.05) is 0 Å². The quantitative estimate of drug-likeness (QED) is 0.699. The van der Waals surface area contributed by atoms with E-state index in [2.05, 4.69) is 12.2 Å². The molecule has 1 saturated carbocycles. The van der Waals surface area contributed by atoms with Gasteiger partial charge >= 0.3 is 0 Å². The van der Waals surface area contributed by atoms with Crippen LogP contribution < -0.4 is 11.1 Å². The number of primary amides is 1. The lowest BCUT2D eigenvalue weighted by Crippen LogP contribution is -2.33. The monoisotopic (exact) mass is 198 g/mol. The van der Waals surface area contributed by atoms with Gasteiger partial charge in [0.15, 0.2) is 0 Å². The Bertz CT molecular complexity index is 174. The van der Waals surface area contributed by atoms with E-state index in [0.717, 1.165) is 18.4 Å². The average molecular weight is 198 g/mol. The molecule has 0 aromatic carbocycles. The second-order valence-corrected chi connectivity index (χ2v) is 4.39. The third kappa shape index (κ3) is 4.09. The van der Waals surface area contributed by atoms with Crippen molar-refractivity contribution in [1.82, 2.24) is 5.32 Å². The summed E-state index contributed by atoms with van der Waals surface area (Å²) in [6, 6.07) is 0. The first-order chi connectivity index (χ1) is 6.72. The largest absolute Gasteiger partial charge is 0.369 e. The van der Waals surface area contributed by atoms with Crippen LogP contribution in [0.1, 0.15) is 39.0 Å². The Kier molecular flexibility index (Phi) is 4.94. The molecule has 1 fully saturated rings. The van der Waals surface area contributed by atoms with Crippen molar-refractivity contribution >= 4 is 5.91 Å². The van der Waals surface area contributed by atoms with Gasteiger partial charge in [-0.3, -0.25) is 4.79 Å². The Balaban J connectivity index is 2.07. The maximum absolute atomic E-state index is 10.5. The topological polar surface area (TPSA) is 55.1 Å². The van der Waals surface area contributed by atoms with Crippen molar-refractivity contribution < 1.29 is 4.79 Å². The van der Waals surface area contributed by atoms with Gasteiger partial charge in [0.05, 0.1) is 6.54 Å². The van der Waals surface area contributed by atoms with Gasteiger partial charge in [-0.25, -0.2) is 0 Å². The van der Waals surface area contributed by atoms with E-state index in [4.69, 9.17) is 5.73 Å². The van der Waals surface area contributed by atoms with Gasteiger partial charge < -0.3 is 11.1 Å². The van der Waals surface area contributed by atoms with Gasteiger partial charge in [0.2, 0.25) is 5.91 Å². The van der Waals surface area contributed by atoms with Crippen LogP contribution in [0, 0.1) is 11.8 Å². The molecule has 0 saturated heterocycles. The maximum Gasteiger partial charge on any atom is 0.231 e. The van der Waals surface area contributed by atoms with Crippen molar-refractivity contribution in [3.8, 4) is 0 Å². The van der Waals surface area contributed by atoms with Crippen molar-refractivity contribution in [2.45, 2.75) is 39.0 Å². The molecule has 0 atom stereocenters. The number of amides is 1. The lowest BCUT2D eigenvalue weighted by molar-refractivity contribution is -0.117. The molecular weight excluding hydrogens is 176 g/mol. The van der Waals surface area contributed by atoms with Crippen LogP contribution in [0.5, 0.6) is 0 Å². The molecule has 0 aliphatic heterocycles. The van der Waals surface area contributed by atoms with Crippen LogP contribution >= 0.6 is 0 Å². The number of rotatable bonds is 5. The fraction of sp³-hybridized carbons (Fsp3) is 0.909. The number of nitrogens with one attached hydrogen (secondary N) is 1. The van der Waals surface area contributed by atoms with Crippen molar-refractivity contribution in [1.29, 1.82) is 0 Å². The van der Waals surface area contributed by atoms with E-state index in [1.165, 1.54) is 32.1 Å². The standard InChI is InChI=1S/C11H22N2O/c1-2-9-3-5-10(6-4-9)7-13-8-11(12)14/h9-10,13H,2-8H2,1H3,(H2,12,14). The number of carbonyl (C=O) groups is 1. The Morgan fingerprint density at radius 3 is 2.36 bits per heavy atom. The van der Waals surface area contributed by atoms with Gasteiger partial charge in [-0.15, -0.1) is 0 Å². The van der Waals surface area contributed by atoms with E-state index < -0.39 is 0 Å². The summed E-state index contributed by atoms with van der Waals surface area (Å²) in [6.45, 7) is 3.56. The van der Waals surface area contributed by atoms with Crippen LogP contribution in [-0.4, -0.2) is 19.0 Å². The molecule has 3 heteroatoms. The van der Waals surface area contributed by atoms with Crippen LogP contribution in [0.3, 0.4) is 0 Å². The zero-order valence-corrected chi connectivity index (χ0v) is 9.09. The fourth-order valence-corrected chi connectivity index (χ4v) is 2.24. The fourth-order valence-electron chi connectivity index (χ4n) is 2.24. The molecule has 82 valence electrons. The summed E-state index contributed by atoms with van der Waals surface area (Å²) in [6.07, 6.45) is 6.66. The van der Waals surface area contributed by atoms with E-state index in [0.29, 0.717) is 6.54 Å². The molecule has 0 aromatic rings. The molecule has 1 amide bonds. The molecule has 1 aliphatic carbocycles. The van der Waals surface area contributed by atoms with Crippen LogP contribution in [-0.2, 0) is 4.79 Å². The average Bonchev–Trinajstić information content (AvgIpc) is 2.18. The second-order valence-electron chi connectivity index (χ2n) is 4.39. The highest BCUT2D eigenvalue weighted by Gasteiger charge is 2.19. The van der Waals surface area contributed by atoms with Crippen molar-refractivity contribution in [3.63, 3.8) is 0 Å². The first-order valence-corrected chi connectivity index (χ1v) is 5.71. The minimum atomic E-state index is -0.257. The SMILES string of the molecule is CCC1CCC(CNCC(N)=O)CC1. The van der Waals surface area contributed by atoms with Gasteiger partial charge in [0.25, 0.3) is 0 Å². The smallest absolute Gasteiger partial charge is 0.231 e. The molecule has 0 unspecified atom stereocenters. The predicted molar refractivity (Wildman–Crippen MR) is 57.8 cm³/mol. The number of hydrogen-bond donors (Lipinski definition) is 2.